The topological polar surface area (TPSA) is 102 Å². The molecular weight excluding hydrogens is 344 g/mol. The van der Waals surface area contributed by atoms with Gasteiger partial charge in [0.25, 0.3) is 5.91 Å². The number of sulfonamides is 1. The van der Waals surface area contributed by atoms with Gasteiger partial charge in [0, 0.05) is 6.04 Å². The summed E-state index contributed by atoms with van der Waals surface area (Å²) in [6.07, 6.45) is 1.87. The zero-order chi connectivity index (χ0) is 18.6. The number of benzene rings is 1. The van der Waals surface area contributed by atoms with E-state index in [2.05, 4.69) is 10.0 Å². The number of carbonyl (C=O) groups excluding carboxylic acids is 2. The molecule has 1 unspecified atom stereocenters. The molecule has 1 atom stereocenters. The van der Waals surface area contributed by atoms with Crippen LogP contribution in [0.1, 0.15) is 32.3 Å². The number of carbonyl (C=O) groups is 2. The summed E-state index contributed by atoms with van der Waals surface area (Å²) in [4.78, 5) is 23.9. The number of rotatable bonds is 8. The van der Waals surface area contributed by atoms with Gasteiger partial charge in [-0.05, 0) is 37.8 Å². The molecule has 0 radical (unpaired) electrons. The first-order chi connectivity index (χ1) is 11.7. The zero-order valence-corrected chi connectivity index (χ0v) is 15.4. The molecule has 1 aliphatic carbocycles. The highest BCUT2D eigenvalue weighted by Gasteiger charge is 2.30. The van der Waals surface area contributed by atoms with Gasteiger partial charge in [-0.25, -0.2) is 8.42 Å². The lowest BCUT2D eigenvalue weighted by Crippen LogP contribution is -2.46. The van der Waals surface area contributed by atoms with Crippen LogP contribution in [0.5, 0.6) is 0 Å². The van der Waals surface area contributed by atoms with Crippen molar-refractivity contribution in [1.29, 1.82) is 0 Å². The van der Waals surface area contributed by atoms with Crippen LogP contribution in [0.15, 0.2) is 29.2 Å². The molecule has 7 nitrogen and oxygen atoms in total. The third-order valence-electron chi connectivity index (χ3n) is 3.82. The summed E-state index contributed by atoms with van der Waals surface area (Å²) >= 11 is 0. The second-order valence-electron chi connectivity index (χ2n) is 6.61. The summed E-state index contributed by atoms with van der Waals surface area (Å²) in [5.74, 6) is -1.48. The first-order valence-corrected chi connectivity index (χ1v) is 9.72. The number of nitrogens with one attached hydrogen (secondary N) is 2. The molecular formula is C17H24N2O5S. The number of hydrogen-bond acceptors (Lipinski definition) is 5. The molecule has 2 rings (SSSR count). The third-order valence-corrected chi connectivity index (χ3v) is 5.28. The molecule has 1 saturated carbocycles. The van der Waals surface area contributed by atoms with E-state index in [-0.39, 0.29) is 22.8 Å². The minimum Gasteiger partial charge on any atom is -0.454 e. The van der Waals surface area contributed by atoms with Crippen LogP contribution in [0.2, 0.25) is 0 Å². The quantitative estimate of drug-likeness (QED) is 0.670. The second-order valence-corrected chi connectivity index (χ2v) is 8.32. The molecule has 25 heavy (non-hydrogen) atoms. The van der Waals surface area contributed by atoms with Crippen molar-refractivity contribution in [3.05, 3.63) is 29.8 Å². The smallest absolute Gasteiger partial charge is 0.324 e. The monoisotopic (exact) mass is 368 g/mol. The number of ether oxygens (including phenoxy) is 1. The highest BCUT2D eigenvalue weighted by Crippen LogP contribution is 2.18. The maximum absolute atomic E-state index is 12.5. The minimum absolute atomic E-state index is 0.0722. The summed E-state index contributed by atoms with van der Waals surface area (Å²) in [5, 5.41) is 2.70. The normalized spacial score (nSPS) is 15.7. The number of amides is 1. The summed E-state index contributed by atoms with van der Waals surface area (Å²) in [7, 11) is -3.87. The maximum atomic E-state index is 12.5. The molecule has 0 spiro atoms. The number of aryl methyl sites for hydroxylation is 1. The fraction of sp³-hybridized carbons (Fsp3) is 0.529. The maximum Gasteiger partial charge on any atom is 0.324 e. The first kappa shape index (κ1) is 19.4. The van der Waals surface area contributed by atoms with E-state index in [4.69, 9.17) is 4.74 Å². The molecule has 2 N–H and O–H groups in total. The molecule has 0 aliphatic heterocycles. The van der Waals surface area contributed by atoms with Crippen molar-refractivity contribution in [2.24, 2.45) is 5.92 Å². The predicted molar refractivity (Wildman–Crippen MR) is 92.3 cm³/mol. The van der Waals surface area contributed by atoms with Crippen LogP contribution in [-0.2, 0) is 24.3 Å². The first-order valence-electron chi connectivity index (χ1n) is 8.24. The SMILES string of the molecule is Cc1ccc(S(=O)(=O)NC(C(=O)OCC(=O)NC2CC2)C(C)C)cc1. The molecule has 0 bridgehead atoms. The van der Waals surface area contributed by atoms with Gasteiger partial charge in [0.1, 0.15) is 6.04 Å². The highest BCUT2D eigenvalue weighted by atomic mass is 32.2. The van der Waals surface area contributed by atoms with E-state index in [0.717, 1.165) is 18.4 Å². The minimum atomic E-state index is -3.87. The number of hydrogen-bond donors (Lipinski definition) is 2. The van der Waals surface area contributed by atoms with Gasteiger partial charge in [0.15, 0.2) is 6.61 Å². The van der Waals surface area contributed by atoms with Crippen LogP contribution >= 0.6 is 0 Å². The summed E-state index contributed by atoms with van der Waals surface area (Å²) in [6.45, 7) is 4.84. The van der Waals surface area contributed by atoms with Gasteiger partial charge in [-0.1, -0.05) is 31.5 Å². The highest BCUT2D eigenvalue weighted by molar-refractivity contribution is 7.89. The van der Waals surface area contributed by atoms with Crippen LogP contribution in [0, 0.1) is 12.8 Å². The Labute approximate surface area is 148 Å². The van der Waals surface area contributed by atoms with Crippen molar-refractivity contribution in [3.63, 3.8) is 0 Å². The van der Waals surface area contributed by atoms with E-state index in [9.17, 15) is 18.0 Å². The molecule has 0 saturated heterocycles. The van der Waals surface area contributed by atoms with Crippen LogP contribution in [0.25, 0.3) is 0 Å². The average molecular weight is 368 g/mol. The summed E-state index contributed by atoms with van der Waals surface area (Å²) in [6, 6.07) is 5.42. The van der Waals surface area contributed by atoms with Gasteiger partial charge in [0.2, 0.25) is 10.0 Å². The van der Waals surface area contributed by atoms with Crippen LogP contribution < -0.4 is 10.0 Å². The van der Waals surface area contributed by atoms with Gasteiger partial charge < -0.3 is 10.1 Å². The van der Waals surface area contributed by atoms with Gasteiger partial charge in [-0.2, -0.15) is 4.72 Å². The van der Waals surface area contributed by atoms with Crippen LogP contribution in [-0.4, -0.2) is 39.0 Å². The second kappa shape index (κ2) is 7.97. The van der Waals surface area contributed by atoms with E-state index in [1.165, 1.54) is 12.1 Å². The van der Waals surface area contributed by atoms with E-state index in [1.54, 1.807) is 26.0 Å². The third kappa shape index (κ3) is 5.82. The average Bonchev–Trinajstić information content (AvgIpc) is 3.34. The molecule has 138 valence electrons. The molecule has 1 amide bonds. The Morgan fingerprint density at radius 3 is 2.32 bits per heavy atom. The molecule has 1 aromatic carbocycles. The van der Waals surface area contributed by atoms with Gasteiger partial charge >= 0.3 is 5.97 Å². The summed E-state index contributed by atoms with van der Waals surface area (Å²) in [5.41, 5.74) is 0.931. The molecule has 0 heterocycles. The Balaban J connectivity index is 1.99. The molecule has 1 aliphatic rings. The Bertz CT molecular complexity index is 724. The van der Waals surface area contributed by atoms with E-state index < -0.39 is 28.6 Å². The number of esters is 1. The van der Waals surface area contributed by atoms with Crippen molar-refractivity contribution in [2.45, 2.75) is 50.6 Å². The lowest BCUT2D eigenvalue weighted by Gasteiger charge is -2.20. The lowest BCUT2D eigenvalue weighted by atomic mass is 10.1. The Morgan fingerprint density at radius 1 is 1.20 bits per heavy atom. The van der Waals surface area contributed by atoms with E-state index in [0.29, 0.717) is 0 Å². The van der Waals surface area contributed by atoms with Crippen LogP contribution in [0.3, 0.4) is 0 Å². The van der Waals surface area contributed by atoms with Gasteiger partial charge in [-0.3, -0.25) is 9.59 Å². The molecule has 1 fully saturated rings. The fourth-order valence-electron chi connectivity index (χ4n) is 2.13. The Kier molecular flexibility index (Phi) is 6.18. The van der Waals surface area contributed by atoms with Crippen molar-refractivity contribution >= 4 is 21.9 Å². The van der Waals surface area contributed by atoms with Gasteiger partial charge in [-0.15, -0.1) is 0 Å². The molecule has 1 aromatic rings. The van der Waals surface area contributed by atoms with Crippen molar-refractivity contribution in [3.8, 4) is 0 Å². The van der Waals surface area contributed by atoms with Crippen molar-refractivity contribution < 1.29 is 22.7 Å². The van der Waals surface area contributed by atoms with Gasteiger partial charge in [0.05, 0.1) is 4.90 Å². The predicted octanol–water partition coefficient (Wildman–Crippen LogP) is 1.12. The van der Waals surface area contributed by atoms with Crippen molar-refractivity contribution in [2.75, 3.05) is 6.61 Å². The summed E-state index contributed by atoms with van der Waals surface area (Å²) < 4.78 is 32.3. The largest absolute Gasteiger partial charge is 0.454 e. The molecule has 8 heteroatoms. The van der Waals surface area contributed by atoms with E-state index in [1.807, 2.05) is 6.92 Å². The van der Waals surface area contributed by atoms with Crippen LogP contribution in [0.4, 0.5) is 0 Å². The Morgan fingerprint density at radius 2 is 1.80 bits per heavy atom. The van der Waals surface area contributed by atoms with E-state index >= 15 is 0 Å². The van der Waals surface area contributed by atoms with Crippen molar-refractivity contribution in [1.82, 2.24) is 10.0 Å². The zero-order valence-electron chi connectivity index (χ0n) is 14.6. The molecule has 0 aromatic heterocycles. The lowest BCUT2D eigenvalue weighted by molar-refractivity contribution is -0.151. The fourth-order valence-corrected chi connectivity index (χ4v) is 3.47. The Hall–Kier alpha value is -1.93. The standard InChI is InChI=1S/C17H24N2O5S/c1-11(2)16(17(21)24-10-15(20)18-13-6-7-13)19-25(22,23)14-8-4-12(3)5-9-14/h4-5,8-9,11,13,16,19H,6-7,10H2,1-3H3,(H,18,20).